The average molecular weight is 1830 g/mol. The van der Waals surface area contributed by atoms with Gasteiger partial charge in [-0.05, 0) is 186 Å². The molecule has 0 radical (unpaired) electrons. The van der Waals surface area contributed by atoms with Crippen molar-refractivity contribution in [3.63, 3.8) is 0 Å². The third kappa shape index (κ3) is 15.3. The number of nitriles is 3. The van der Waals surface area contributed by atoms with Crippen LogP contribution in [0, 0.1) is 34.0 Å². The lowest BCUT2D eigenvalue weighted by Gasteiger charge is -2.21. The second kappa shape index (κ2) is 35.3. The Morgan fingerprint density at radius 1 is 0.161 bits per heavy atom. The zero-order chi connectivity index (χ0) is 96.8. The van der Waals surface area contributed by atoms with Crippen LogP contribution in [0.3, 0.4) is 0 Å². The van der Waals surface area contributed by atoms with Gasteiger partial charge in [-0.15, -0.1) is 0 Å². The smallest absolute Gasteiger partial charge is 0.164 e. The van der Waals surface area contributed by atoms with Crippen molar-refractivity contribution in [1.29, 1.82) is 15.8 Å². The molecule has 0 spiro atoms. The normalized spacial score (nSPS) is 12.8. The Morgan fingerprint density at radius 2 is 0.378 bits per heavy atom. The number of hydrogen-bond acceptors (Lipinski definition) is 12. The van der Waals surface area contributed by atoms with E-state index in [1.165, 1.54) is 44.2 Å². The SMILES string of the molecule is CC1(C)c2cccc(C#N)c2-c2c(-c3cccc(-c4nc(-c5ccc6ccccc6c5)nc(-c5ccc6ccccc6c5)n4)c3)cccc21.CC1(C)c2cccc(C#N)c2-c2c(-c3cccc(-c4nc(-c5cccc6ccccc56)nc(-c5cccc6ccccc56)n4)c3)cccc21.CC1(C)c2cccc(C#N)c2-c2c(-c3cccc(-c4nc(-c5ccccc5)nc(-c5cccc6ccccc56)n4)c3)cccc21. The summed E-state index contributed by atoms with van der Waals surface area (Å²) in [5.74, 6) is 5.59. The van der Waals surface area contributed by atoms with Crippen molar-refractivity contribution < 1.29 is 0 Å². The summed E-state index contributed by atoms with van der Waals surface area (Å²) in [6.07, 6.45) is 0. The number of aromatic nitrogens is 9. The second-order valence-electron chi connectivity index (χ2n) is 38.3. The molecular formula is C131H88N12. The van der Waals surface area contributed by atoms with Crippen LogP contribution in [0.15, 0.2) is 425 Å². The zero-order valence-electron chi connectivity index (χ0n) is 79.3. The Morgan fingerprint density at radius 3 is 0.699 bits per heavy atom. The first-order valence-corrected chi connectivity index (χ1v) is 48.1. The molecule has 3 aliphatic carbocycles. The molecule has 23 aromatic rings. The molecule has 3 heterocycles. The van der Waals surface area contributed by atoms with Crippen LogP contribution in [0.2, 0.25) is 0 Å². The molecule has 20 aromatic carbocycles. The van der Waals surface area contributed by atoms with Gasteiger partial charge < -0.3 is 0 Å². The van der Waals surface area contributed by atoms with Crippen molar-refractivity contribution in [2.24, 2.45) is 0 Å². The number of rotatable bonds is 12. The molecule has 26 rings (SSSR count). The minimum absolute atomic E-state index is 0.211. The van der Waals surface area contributed by atoms with Crippen LogP contribution in [0.1, 0.15) is 91.6 Å². The maximum absolute atomic E-state index is 10.2. The van der Waals surface area contributed by atoms with Gasteiger partial charge in [-0.2, -0.15) is 15.8 Å². The van der Waals surface area contributed by atoms with Gasteiger partial charge in [0.25, 0.3) is 0 Å². The van der Waals surface area contributed by atoms with Gasteiger partial charge in [0.05, 0.1) is 34.9 Å². The van der Waals surface area contributed by atoms with Crippen molar-refractivity contribution >= 4 is 53.9 Å². The molecule has 0 N–H and O–H groups in total. The molecule has 12 nitrogen and oxygen atoms in total. The highest BCUT2D eigenvalue weighted by molar-refractivity contribution is 6.03. The minimum Gasteiger partial charge on any atom is -0.208 e. The van der Waals surface area contributed by atoms with Gasteiger partial charge in [0, 0.05) is 83.0 Å². The van der Waals surface area contributed by atoms with Crippen LogP contribution in [0.5, 0.6) is 0 Å². The molecule has 0 unspecified atom stereocenters. The van der Waals surface area contributed by atoms with E-state index in [4.69, 9.17) is 44.9 Å². The summed E-state index contributed by atoms with van der Waals surface area (Å²) >= 11 is 0. The largest absolute Gasteiger partial charge is 0.208 e. The molecular weight excluding hydrogens is 1740 g/mol. The fourth-order valence-electron chi connectivity index (χ4n) is 21.7. The summed E-state index contributed by atoms with van der Waals surface area (Å²) in [6, 6.07) is 153. The summed E-state index contributed by atoms with van der Waals surface area (Å²) < 4.78 is 0. The van der Waals surface area contributed by atoms with Gasteiger partial charge in [0.1, 0.15) is 0 Å². The first kappa shape index (κ1) is 87.0. The fraction of sp³-hybridized carbons (Fsp3) is 0.0687. The van der Waals surface area contributed by atoms with Crippen LogP contribution in [0.25, 0.3) is 223 Å². The average Bonchev–Trinajstić information content (AvgIpc) is 1.57. The van der Waals surface area contributed by atoms with E-state index in [1.54, 1.807) is 0 Å². The first-order valence-electron chi connectivity index (χ1n) is 48.1. The maximum Gasteiger partial charge on any atom is 0.164 e. The molecule has 12 heteroatoms. The topological polar surface area (TPSA) is 187 Å². The summed E-state index contributed by atoms with van der Waals surface area (Å²) in [5.41, 5.74) is 30.0. The van der Waals surface area contributed by atoms with Crippen LogP contribution in [-0.2, 0) is 16.2 Å². The molecule has 0 bridgehead atoms. The Kier molecular flexibility index (Phi) is 21.5. The Bertz CT molecular complexity index is 9120. The minimum atomic E-state index is -0.222. The van der Waals surface area contributed by atoms with E-state index in [0.717, 1.165) is 160 Å². The second-order valence-corrected chi connectivity index (χ2v) is 38.3. The van der Waals surface area contributed by atoms with E-state index in [0.29, 0.717) is 69.1 Å². The number of hydrogen-bond donors (Lipinski definition) is 0. The molecule has 0 saturated heterocycles. The fourth-order valence-corrected chi connectivity index (χ4v) is 21.7. The van der Waals surface area contributed by atoms with E-state index in [-0.39, 0.29) is 16.2 Å². The van der Waals surface area contributed by atoms with Crippen molar-refractivity contribution in [2.75, 3.05) is 0 Å². The lowest BCUT2D eigenvalue weighted by molar-refractivity contribution is 0.660. The lowest BCUT2D eigenvalue weighted by atomic mass is 9.82. The molecule has 3 aromatic heterocycles. The van der Waals surface area contributed by atoms with Gasteiger partial charge in [-0.25, -0.2) is 44.9 Å². The molecule has 672 valence electrons. The van der Waals surface area contributed by atoms with Crippen LogP contribution in [0.4, 0.5) is 0 Å². The van der Waals surface area contributed by atoms with Gasteiger partial charge in [0.2, 0.25) is 0 Å². The molecule has 0 aliphatic heterocycles. The summed E-state index contributed by atoms with van der Waals surface area (Å²) in [6.45, 7) is 13.5. The number of fused-ring (bicyclic) bond motifs is 14. The highest BCUT2D eigenvalue weighted by atomic mass is 15.1. The zero-order valence-corrected chi connectivity index (χ0v) is 79.3. The highest BCUT2D eigenvalue weighted by Crippen LogP contribution is 2.58. The summed E-state index contributed by atoms with van der Waals surface area (Å²) in [4.78, 5) is 45.8. The highest BCUT2D eigenvalue weighted by Gasteiger charge is 2.42. The van der Waals surface area contributed by atoms with Crippen molar-refractivity contribution in [3.8, 4) is 187 Å². The first-order chi connectivity index (χ1) is 70.0. The molecule has 0 atom stereocenters. The van der Waals surface area contributed by atoms with Crippen LogP contribution in [-0.4, -0.2) is 44.9 Å². The molecule has 0 fully saturated rings. The quantitative estimate of drug-likeness (QED) is 0.113. The number of nitrogens with zero attached hydrogens (tertiary/aromatic N) is 12. The monoisotopic (exact) mass is 1830 g/mol. The van der Waals surface area contributed by atoms with Gasteiger partial charge >= 0.3 is 0 Å². The number of benzene rings is 20. The van der Waals surface area contributed by atoms with Crippen molar-refractivity contribution in [1.82, 2.24) is 44.9 Å². The van der Waals surface area contributed by atoms with Crippen LogP contribution >= 0.6 is 0 Å². The molecule has 143 heavy (non-hydrogen) atoms. The summed E-state index contributed by atoms with van der Waals surface area (Å²) in [7, 11) is 0. The van der Waals surface area contributed by atoms with Crippen molar-refractivity contribution in [3.05, 3.63) is 475 Å². The maximum atomic E-state index is 10.2. The van der Waals surface area contributed by atoms with Gasteiger partial charge in [-0.3, -0.25) is 0 Å². The van der Waals surface area contributed by atoms with E-state index in [1.807, 2.05) is 78.9 Å². The Labute approximate surface area is 828 Å². The third-order valence-electron chi connectivity index (χ3n) is 28.9. The predicted molar refractivity (Wildman–Crippen MR) is 579 cm³/mol. The predicted octanol–water partition coefficient (Wildman–Crippen LogP) is 31.9. The lowest BCUT2D eigenvalue weighted by Crippen LogP contribution is -2.14. The molecule has 0 saturated carbocycles. The molecule has 0 amide bonds. The van der Waals surface area contributed by atoms with E-state index in [9.17, 15) is 15.8 Å². The van der Waals surface area contributed by atoms with E-state index >= 15 is 0 Å². The Balaban J connectivity index is 0.000000116. The van der Waals surface area contributed by atoms with E-state index < -0.39 is 0 Å². The van der Waals surface area contributed by atoms with Gasteiger partial charge in [0.15, 0.2) is 52.4 Å². The Hall–Kier alpha value is -18.8. The van der Waals surface area contributed by atoms with Crippen LogP contribution < -0.4 is 0 Å². The van der Waals surface area contributed by atoms with Gasteiger partial charge in [-0.1, -0.05) is 418 Å². The summed E-state index contributed by atoms with van der Waals surface area (Å²) in [5, 5.41) is 41.7. The molecule has 3 aliphatic rings. The van der Waals surface area contributed by atoms with Crippen molar-refractivity contribution in [2.45, 2.75) is 57.8 Å². The third-order valence-corrected chi connectivity index (χ3v) is 28.9. The van der Waals surface area contributed by atoms with E-state index in [2.05, 4.69) is 406 Å². The standard InChI is InChI=1S/2C45H30N4.C41H28N4/c1-45(2)38-24-10-18-32(27-46)40(38)41-35(21-11-25-39(41)45)30-16-7-17-31(26-30)42-47-43(36-22-8-14-28-12-3-5-19-33(28)36)49-44(48-42)37-23-9-15-29-13-4-6-20-34(29)37;1-45(2)38-18-8-16-36(27-46)40(38)41-37(17-9-19-39(41)45)32-14-7-15-33(26-32)42-47-43(34-22-20-28-10-3-5-12-30(28)24-34)49-44(48-42)35-23-21-29-11-4-6-13-31(29)25-35;1-41(2)34-22-10-18-30(25-42)36(34)37-32(20-11-23-35(37)41)28-16-8-17-29(24-28)39-43-38(27-13-4-3-5-14-27)44-40(45-39)33-21-9-15-26-12-6-7-19-31(26)33/h2*3-26H,1-2H3;3-24H,1-2H3.